The Morgan fingerprint density at radius 3 is 2.65 bits per heavy atom. The van der Waals surface area contributed by atoms with E-state index in [4.69, 9.17) is 5.26 Å². The van der Waals surface area contributed by atoms with Crippen LogP contribution in [0.25, 0.3) is 0 Å². The van der Waals surface area contributed by atoms with Crippen LogP contribution in [-0.4, -0.2) is 11.2 Å². The fourth-order valence-electron chi connectivity index (χ4n) is 2.18. The minimum absolute atomic E-state index is 0.0101. The molecule has 0 radical (unpaired) electrons. The molecule has 4 heteroatoms. The number of fused-ring (bicyclic) bond motifs is 1. The number of nitrogens with one attached hydrogen (secondary N) is 1. The first kappa shape index (κ1) is 12.8. The van der Waals surface area contributed by atoms with Gasteiger partial charge in [0.1, 0.15) is 0 Å². The van der Waals surface area contributed by atoms with Gasteiger partial charge in [-0.2, -0.15) is 5.26 Å². The Balaban J connectivity index is 1.68. The van der Waals surface area contributed by atoms with Gasteiger partial charge in [-0.15, -0.1) is 11.8 Å². The lowest BCUT2D eigenvalue weighted by atomic mass is 10.1. The first-order valence-electron chi connectivity index (χ1n) is 6.32. The highest BCUT2D eigenvalue weighted by Gasteiger charge is 2.27. The standard InChI is InChI=1S/C16H12N2OS/c17-10-11-5-7-13(8-6-11)18-16(19)15-9-12-3-1-2-4-14(12)20-15/h1-8,15H,9H2,(H,18,19). The molecule has 0 spiro atoms. The van der Waals surface area contributed by atoms with Crippen LogP contribution >= 0.6 is 11.8 Å². The first-order chi connectivity index (χ1) is 9.76. The summed E-state index contributed by atoms with van der Waals surface area (Å²) in [6.07, 6.45) is 0.767. The lowest BCUT2D eigenvalue weighted by molar-refractivity contribution is -0.115. The molecule has 1 aliphatic rings. The quantitative estimate of drug-likeness (QED) is 0.919. The summed E-state index contributed by atoms with van der Waals surface area (Å²) >= 11 is 1.61. The molecule has 0 bridgehead atoms. The molecule has 0 saturated carbocycles. The molecule has 20 heavy (non-hydrogen) atoms. The molecule has 3 rings (SSSR count). The van der Waals surface area contributed by atoms with E-state index < -0.39 is 0 Å². The zero-order chi connectivity index (χ0) is 13.9. The maximum absolute atomic E-state index is 12.2. The summed E-state index contributed by atoms with van der Waals surface area (Å²) < 4.78 is 0. The molecule has 0 aromatic heterocycles. The fraction of sp³-hybridized carbons (Fsp3) is 0.125. The number of nitrogens with zero attached hydrogens (tertiary/aromatic N) is 1. The summed E-state index contributed by atoms with van der Waals surface area (Å²) in [6, 6.07) is 17.1. The van der Waals surface area contributed by atoms with E-state index in [1.807, 2.05) is 12.1 Å². The number of benzene rings is 2. The Hall–Kier alpha value is -2.25. The molecule has 1 unspecified atom stereocenters. The van der Waals surface area contributed by atoms with Crippen molar-refractivity contribution in [2.75, 3.05) is 5.32 Å². The van der Waals surface area contributed by atoms with Crippen LogP contribution in [0.4, 0.5) is 5.69 Å². The lowest BCUT2D eigenvalue weighted by Crippen LogP contribution is -2.24. The summed E-state index contributed by atoms with van der Waals surface area (Å²) in [5.74, 6) is 0.0101. The van der Waals surface area contributed by atoms with E-state index in [2.05, 4.69) is 23.5 Å². The van der Waals surface area contributed by atoms with Crippen LogP contribution in [0.2, 0.25) is 0 Å². The van der Waals surface area contributed by atoms with Crippen molar-refractivity contribution in [2.45, 2.75) is 16.6 Å². The molecule has 0 fully saturated rings. The predicted molar refractivity (Wildman–Crippen MR) is 79.6 cm³/mol. The molecule has 3 nitrogen and oxygen atoms in total. The Bertz CT molecular complexity index is 663. The van der Waals surface area contributed by atoms with E-state index >= 15 is 0 Å². The third-order valence-electron chi connectivity index (χ3n) is 3.22. The third kappa shape index (κ3) is 2.54. The van der Waals surface area contributed by atoms with E-state index in [9.17, 15) is 4.79 Å². The SMILES string of the molecule is N#Cc1ccc(NC(=O)C2Cc3ccccc3S2)cc1. The molecular weight excluding hydrogens is 268 g/mol. The van der Waals surface area contributed by atoms with Gasteiger partial charge in [-0.3, -0.25) is 4.79 Å². The van der Waals surface area contributed by atoms with Crippen LogP contribution in [0.15, 0.2) is 53.4 Å². The molecule has 0 saturated heterocycles. The van der Waals surface area contributed by atoms with Gasteiger partial charge >= 0.3 is 0 Å². The van der Waals surface area contributed by atoms with E-state index in [1.165, 1.54) is 10.5 Å². The highest BCUT2D eigenvalue weighted by atomic mass is 32.2. The van der Waals surface area contributed by atoms with E-state index in [1.54, 1.807) is 36.0 Å². The summed E-state index contributed by atoms with van der Waals surface area (Å²) in [5.41, 5.74) is 2.55. The summed E-state index contributed by atoms with van der Waals surface area (Å²) in [7, 11) is 0. The molecule has 1 amide bonds. The second-order valence-electron chi connectivity index (χ2n) is 4.60. The van der Waals surface area contributed by atoms with E-state index in [-0.39, 0.29) is 11.2 Å². The zero-order valence-electron chi connectivity index (χ0n) is 10.7. The normalized spacial score (nSPS) is 16.2. The maximum Gasteiger partial charge on any atom is 0.238 e. The number of amides is 1. The highest BCUT2D eigenvalue weighted by molar-refractivity contribution is 8.01. The molecule has 1 aliphatic heterocycles. The minimum atomic E-state index is -0.0805. The predicted octanol–water partition coefficient (Wildman–Crippen LogP) is 3.21. The average Bonchev–Trinajstić information content (AvgIpc) is 2.92. The van der Waals surface area contributed by atoms with Crippen molar-refractivity contribution in [1.82, 2.24) is 0 Å². The molecule has 1 atom stereocenters. The molecule has 0 aliphatic carbocycles. The number of carbonyl (C=O) groups is 1. The van der Waals surface area contributed by atoms with E-state index in [0.29, 0.717) is 5.56 Å². The van der Waals surface area contributed by atoms with Crippen molar-refractivity contribution in [3.05, 3.63) is 59.7 Å². The van der Waals surface area contributed by atoms with Gasteiger partial charge in [0, 0.05) is 10.6 Å². The second-order valence-corrected chi connectivity index (χ2v) is 5.84. The average molecular weight is 280 g/mol. The number of nitriles is 1. The number of hydrogen-bond donors (Lipinski definition) is 1. The number of carbonyl (C=O) groups excluding carboxylic acids is 1. The largest absolute Gasteiger partial charge is 0.325 e. The van der Waals surface area contributed by atoms with Gasteiger partial charge in [0.25, 0.3) is 0 Å². The van der Waals surface area contributed by atoms with Gasteiger partial charge in [-0.05, 0) is 42.3 Å². The lowest BCUT2D eigenvalue weighted by Gasteiger charge is -2.09. The van der Waals surface area contributed by atoms with Crippen molar-refractivity contribution in [2.24, 2.45) is 0 Å². The first-order valence-corrected chi connectivity index (χ1v) is 7.20. The van der Waals surface area contributed by atoms with Crippen LogP contribution in [0.1, 0.15) is 11.1 Å². The van der Waals surface area contributed by atoms with Gasteiger partial charge in [0.05, 0.1) is 16.9 Å². The molecule has 1 N–H and O–H groups in total. The molecule has 2 aromatic carbocycles. The van der Waals surface area contributed by atoms with Gasteiger partial charge in [0.15, 0.2) is 0 Å². The molecular formula is C16H12N2OS. The number of hydrogen-bond acceptors (Lipinski definition) is 3. The van der Waals surface area contributed by atoms with Gasteiger partial charge in [0.2, 0.25) is 5.91 Å². The fourth-order valence-corrected chi connectivity index (χ4v) is 3.37. The monoisotopic (exact) mass is 280 g/mol. The third-order valence-corrected chi connectivity index (χ3v) is 4.54. The van der Waals surface area contributed by atoms with Crippen molar-refractivity contribution in [3.8, 4) is 6.07 Å². The highest BCUT2D eigenvalue weighted by Crippen LogP contribution is 2.37. The molecule has 1 heterocycles. The zero-order valence-corrected chi connectivity index (χ0v) is 11.5. The Morgan fingerprint density at radius 1 is 1.20 bits per heavy atom. The van der Waals surface area contributed by atoms with Crippen LogP contribution in [0, 0.1) is 11.3 Å². The second kappa shape index (κ2) is 5.40. The Morgan fingerprint density at radius 2 is 1.95 bits per heavy atom. The minimum Gasteiger partial charge on any atom is -0.325 e. The van der Waals surface area contributed by atoms with Crippen molar-refractivity contribution < 1.29 is 4.79 Å². The number of anilines is 1. The summed E-state index contributed by atoms with van der Waals surface area (Å²) in [4.78, 5) is 13.4. The van der Waals surface area contributed by atoms with Gasteiger partial charge in [-0.25, -0.2) is 0 Å². The smallest absolute Gasteiger partial charge is 0.238 e. The summed E-state index contributed by atoms with van der Waals surface area (Å²) in [5, 5.41) is 11.6. The van der Waals surface area contributed by atoms with Crippen LogP contribution in [-0.2, 0) is 11.2 Å². The molecule has 2 aromatic rings. The molecule has 98 valence electrons. The van der Waals surface area contributed by atoms with Crippen molar-refractivity contribution >= 4 is 23.4 Å². The van der Waals surface area contributed by atoms with Crippen molar-refractivity contribution in [3.63, 3.8) is 0 Å². The topological polar surface area (TPSA) is 52.9 Å². The van der Waals surface area contributed by atoms with Crippen LogP contribution in [0.5, 0.6) is 0 Å². The van der Waals surface area contributed by atoms with Crippen LogP contribution in [0.3, 0.4) is 0 Å². The Kier molecular flexibility index (Phi) is 3.44. The van der Waals surface area contributed by atoms with Gasteiger partial charge < -0.3 is 5.32 Å². The number of rotatable bonds is 2. The van der Waals surface area contributed by atoms with Crippen LogP contribution < -0.4 is 5.32 Å². The van der Waals surface area contributed by atoms with Crippen molar-refractivity contribution in [1.29, 1.82) is 5.26 Å². The maximum atomic E-state index is 12.2. The number of thioether (sulfide) groups is 1. The Labute approximate surface area is 121 Å². The van der Waals surface area contributed by atoms with Gasteiger partial charge in [-0.1, -0.05) is 18.2 Å². The summed E-state index contributed by atoms with van der Waals surface area (Å²) in [6.45, 7) is 0. The van der Waals surface area contributed by atoms with E-state index in [0.717, 1.165) is 12.1 Å².